The van der Waals surface area contributed by atoms with Crippen molar-refractivity contribution in [3.63, 3.8) is 0 Å². The summed E-state index contributed by atoms with van der Waals surface area (Å²) in [5.41, 5.74) is 4.42. The van der Waals surface area contributed by atoms with Crippen LogP contribution in [0.4, 0.5) is 4.39 Å². The predicted octanol–water partition coefficient (Wildman–Crippen LogP) is 5.47. The van der Waals surface area contributed by atoms with E-state index >= 15 is 0 Å². The number of rotatable bonds is 5. The van der Waals surface area contributed by atoms with Crippen molar-refractivity contribution >= 4 is 6.08 Å². The van der Waals surface area contributed by atoms with Crippen molar-refractivity contribution in [1.82, 2.24) is 9.80 Å². The van der Waals surface area contributed by atoms with Crippen molar-refractivity contribution in [2.24, 2.45) is 0 Å². The number of hydrogen-bond donors (Lipinski definition) is 0. The summed E-state index contributed by atoms with van der Waals surface area (Å²) in [6, 6.07) is 15.1. The quantitative estimate of drug-likeness (QED) is 0.692. The number of nitrogens with zero attached hydrogens (tertiary/aromatic N) is 2. The lowest BCUT2D eigenvalue weighted by molar-refractivity contribution is 0.0458. The van der Waals surface area contributed by atoms with Crippen molar-refractivity contribution in [2.75, 3.05) is 20.1 Å². The average molecular weight is 367 g/mol. The Labute approximate surface area is 163 Å². The van der Waals surface area contributed by atoms with Crippen LogP contribution in [0.3, 0.4) is 0 Å². The third-order valence-electron chi connectivity index (χ3n) is 5.76. The van der Waals surface area contributed by atoms with E-state index in [9.17, 15) is 4.39 Å². The third-order valence-corrected chi connectivity index (χ3v) is 5.76. The van der Waals surface area contributed by atoms with Gasteiger partial charge in [0.1, 0.15) is 5.82 Å². The first kappa shape index (κ1) is 19.8. The number of piperazine rings is 1. The molecule has 0 saturated carbocycles. The van der Waals surface area contributed by atoms with E-state index in [-0.39, 0.29) is 5.82 Å². The molecule has 2 nitrogen and oxygen atoms in total. The Hall–Kier alpha value is -1.97. The summed E-state index contributed by atoms with van der Waals surface area (Å²) >= 11 is 0. The van der Waals surface area contributed by atoms with Crippen LogP contribution in [0, 0.1) is 5.82 Å². The van der Waals surface area contributed by atoms with Crippen LogP contribution in [0.2, 0.25) is 0 Å². The van der Waals surface area contributed by atoms with Crippen molar-refractivity contribution in [1.29, 1.82) is 0 Å². The van der Waals surface area contributed by atoms with E-state index in [2.05, 4.69) is 68.5 Å². The minimum atomic E-state index is -0.189. The first-order valence-corrected chi connectivity index (χ1v) is 9.84. The van der Waals surface area contributed by atoms with Crippen LogP contribution in [0.5, 0.6) is 0 Å². The molecule has 0 aliphatic carbocycles. The van der Waals surface area contributed by atoms with E-state index in [1.54, 1.807) is 12.1 Å². The first-order chi connectivity index (χ1) is 12.9. The van der Waals surface area contributed by atoms with Gasteiger partial charge in [0.05, 0.1) is 0 Å². The molecule has 0 spiro atoms. The molecule has 0 radical (unpaired) electrons. The Bertz CT molecular complexity index is 799. The molecular formula is C24H31FN2. The lowest BCUT2D eigenvalue weighted by atomic mass is 9.90. The molecule has 1 fully saturated rings. The van der Waals surface area contributed by atoms with Crippen molar-refractivity contribution in [3.8, 4) is 0 Å². The normalized spacial score (nSPS) is 21.6. The molecule has 1 aliphatic rings. The number of hydrogen-bond acceptors (Lipinski definition) is 2. The molecule has 3 heteroatoms. The molecule has 1 heterocycles. The maximum atomic E-state index is 14.1. The summed E-state index contributed by atoms with van der Waals surface area (Å²) in [6.45, 7) is 13.2. The van der Waals surface area contributed by atoms with E-state index in [0.717, 1.165) is 25.2 Å². The zero-order valence-corrected chi connectivity index (χ0v) is 17.0. The second-order valence-electron chi connectivity index (χ2n) is 8.08. The maximum Gasteiger partial charge on any atom is 0.130 e. The van der Waals surface area contributed by atoms with E-state index in [4.69, 9.17) is 0 Å². The molecular weight excluding hydrogens is 335 g/mol. The van der Waals surface area contributed by atoms with Gasteiger partial charge in [-0.3, -0.25) is 9.80 Å². The van der Waals surface area contributed by atoms with Crippen LogP contribution in [-0.4, -0.2) is 36.0 Å². The van der Waals surface area contributed by atoms with Gasteiger partial charge in [-0.15, -0.1) is 0 Å². The van der Waals surface area contributed by atoms with Gasteiger partial charge >= 0.3 is 0 Å². The largest absolute Gasteiger partial charge is 0.297 e. The van der Waals surface area contributed by atoms with Crippen molar-refractivity contribution < 1.29 is 4.39 Å². The van der Waals surface area contributed by atoms with E-state index in [0.29, 0.717) is 23.6 Å². The van der Waals surface area contributed by atoms with Gasteiger partial charge in [0.15, 0.2) is 0 Å². The Morgan fingerprint density at radius 3 is 2.59 bits per heavy atom. The molecule has 0 amide bonds. The fourth-order valence-electron chi connectivity index (χ4n) is 4.17. The average Bonchev–Trinajstić information content (AvgIpc) is 2.64. The Kier molecular flexibility index (Phi) is 6.13. The first-order valence-electron chi connectivity index (χ1n) is 9.84. The minimum absolute atomic E-state index is 0.189. The molecule has 0 N–H and O–H groups in total. The van der Waals surface area contributed by atoms with E-state index < -0.39 is 0 Å². The Balaban J connectivity index is 1.84. The van der Waals surface area contributed by atoms with Gasteiger partial charge in [-0.05, 0) is 42.6 Å². The SMILES string of the molecule is C=Cc1ccc(CN2CC(c3ccccc3C(C)C)N(C)CC2C)cc1F. The summed E-state index contributed by atoms with van der Waals surface area (Å²) in [4.78, 5) is 4.94. The highest BCUT2D eigenvalue weighted by Gasteiger charge is 2.31. The third kappa shape index (κ3) is 4.31. The topological polar surface area (TPSA) is 6.48 Å². The smallest absolute Gasteiger partial charge is 0.130 e. The summed E-state index contributed by atoms with van der Waals surface area (Å²) in [5.74, 6) is 0.314. The molecule has 144 valence electrons. The fourth-order valence-corrected chi connectivity index (χ4v) is 4.17. The van der Waals surface area contributed by atoms with Gasteiger partial charge in [0, 0.05) is 37.3 Å². The van der Waals surface area contributed by atoms with Crippen molar-refractivity contribution in [2.45, 2.75) is 45.3 Å². The highest BCUT2D eigenvalue weighted by Crippen LogP contribution is 2.32. The molecule has 27 heavy (non-hydrogen) atoms. The zero-order chi connectivity index (χ0) is 19.6. The lowest BCUT2D eigenvalue weighted by Crippen LogP contribution is -2.51. The summed E-state index contributed by atoms with van der Waals surface area (Å²) in [5, 5.41) is 0. The number of likely N-dealkylation sites (N-methyl/N-ethyl adjacent to an activating group) is 1. The van der Waals surface area contributed by atoms with Crippen LogP contribution >= 0.6 is 0 Å². The van der Waals surface area contributed by atoms with Crippen LogP contribution in [0.1, 0.15) is 55.0 Å². The zero-order valence-electron chi connectivity index (χ0n) is 17.0. The van der Waals surface area contributed by atoms with Gasteiger partial charge < -0.3 is 0 Å². The van der Waals surface area contributed by atoms with Gasteiger partial charge in [-0.25, -0.2) is 4.39 Å². The van der Waals surface area contributed by atoms with Crippen LogP contribution in [-0.2, 0) is 6.54 Å². The van der Waals surface area contributed by atoms with Gasteiger partial charge in [-0.2, -0.15) is 0 Å². The summed E-state index contributed by atoms with van der Waals surface area (Å²) < 4.78 is 14.1. The number of halogens is 1. The highest BCUT2D eigenvalue weighted by atomic mass is 19.1. The molecule has 2 unspecified atom stereocenters. The number of benzene rings is 2. The molecule has 0 aromatic heterocycles. The molecule has 2 aromatic carbocycles. The molecule has 1 aliphatic heterocycles. The predicted molar refractivity (Wildman–Crippen MR) is 112 cm³/mol. The summed E-state index contributed by atoms with van der Waals surface area (Å²) in [7, 11) is 2.22. The molecule has 3 rings (SSSR count). The standard InChI is InChI=1S/C24H31FN2/c1-6-20-12-11-19(13-23(20)25)15-27-16-24(26(5)14-18(27)4)22-10-8-7-9-21(22)17(2)3/h6-13,17-18,24H,1,14-16H2,2-5H3. The minimum Gasteiger partial charge on any atom is -0.297 e. The van der Waals surface area contributed by atoms with Gasteiger partial charge in [0.25, 0.3) is 0 Å². The Morgan fingerprint density at radius 1 is 1.19 bits per heavy atom. The fraction of sp³-hybridized carbons (Fsp3) is 0.417. The summed E-state index contributed by atoms with van der Waals surface area (Å²) in [6.07, 6.45) is 1.57. The second kappa shape index (κ2) is 8.37. The maximum absolute atomic E-state index is 14.1. The van der Waals surface area contributed by atoms with Gasteiger partial charge in [-0.1, -0.05) is 62.9 Å². The Morgan fingerprint density at radius 2 is 1.93 bits per heavy atom. The molecule has 1 saturated heterocycles. The van der Waals surface area contributed by atoms with E-state index in [1.807, 2.05) is 12.1 Å². The lowest BCUT2D eigenvalue weighted by Gasteiger charge is -2.44. The second-order valence-corrected chi connectivity index (χ2v) is 8.08. The monoisotopic (exact) mass is 366 g/mol. The van der Waals surface area contributed by atoms with Crippen LogP contribution in [0.25, 0.3) is 6.08 Å². The molecule has 2 aromatic rings. The van der Waals surface area contributed by atoms with Crippen LogP contribution in [0.15, 0.2) is 49.0 Å². The molecule has 2 atom stereocenters. The highest BCUT2D eigenvalue weighted by molar-refractivity contribution is 5.48. The van der Waals surface area contributed by atoms with Crippen molar-refractivity contribution in [3.05, 3.63) is 77.1 Å². The van der Waals surface area contributed by atoms with E-state index in [1.165, 1.54) is 11.1 Å². The van der Waals surface area contributed by atoms with Gasteiger partial charge in [0.2, 0.25) is 0 Å². The van der Waals surface area contributed by atoms with Crippen LogP contribution < -0.4 is 0 Å². The molecule has 0 bridgehead atoms.